The molecule has 1 saturated carbocycles. The molecule has 15 heavy (non-hydrogen) atoms. The van der Waals surface area contributed by atoms with Crippen molar-refractivity contribution in [3.8, 4) is 0 Å². The van der Waals surface area contributed by atoms with Crippen LogP contribution in [0.1, 0.15) is 26.2 Å². The Morgan fingerprint density at radius 3 is 2.47 bits per heavy atom. The van der Waals surface area contributed by atoms with Crippen molar-refractivity contribution in [1.82, 2.24) is 10.2 Å². The van der Waals surface area contributed by atoms with Gasteiger partial charge in [0.25, 0.3) is 0 Å². The molecule has 1 N–H and O–H groups in total. The topological polar surface area (TPSA) is 24.5 Å². The van der Waals surface area contributed by atoms with Gasteiger partial charge in [-0.3, -0.25) is 0 Å². The third-order valence-corrected chi connectivity index (χ3v) is 3.35. The lowest BCUT2D eigenvalue weighted by Gasteiger charge is -2.26. The number of methoxy groups -OCH3 is 1. The predicted octanol–water partition coefficient (Wildman–Crippen LogP) is 1.34. The van der Waals surface area contributed by atoms with Gasteiger partial charge in [-0.25, -0.2) is 0 Å². The summed E-state index contributed by atoms with van der Waals surface area (Å²) < 4.78 is 5.26. The van der Waals surface area contributed by atoms with Crippen LogP contribution in [-0.2, 0) is 4.74 Å². The normalized spacial score (nSPS) is 20.6. The third-order valence-electron chi connectivity index (χ3n) is 3.35. The smallest absolute Gasteiger partial charge is 0.0618 e. The Morgan fingerprint density at radius 2 is 2.07 bits per heavy atom. The van der Waals surface area contributed by atoms with Crippen molar-refractivity contribution < 1.29 is 4.74 Å². The van der Waals surface area contributed by atoms with Gasteiger partial charge in [-0.05, 0) is 39.3 Å². The van der Waals surface area contributed by atoms with Crippen molar-refractivity contribution in [3.63, 3.8) is 0 Å². The molecule has 2 atom stereocenters. The van der Waals surface area contributed by atoms with Gasteiger partial charge < -0.3 is 15.0 Å². The van der Waals surface area contributed by atoms with Gasteiger partial charge >= 0.3 is 0 Å². The van der Waals surface area contributed by atoms with Crippen LogP contribution < -0.4 is 5.32 Å². The number of rotatable bonds is 8. The van der Waals surface area contributed by atoms with Gasteiger partial charge in [0.2, 0.25) is 0 Å². The molecular formula is C12H26N2O. The first-order valence-electron chi connectivity index (χ1n) is 6.07. The SMILES string of the molecule is CCC(CNC(COC)C1CC1)N(C)C. The lowest BCUT2D eigenvalue weighted by molar-refractivity contribution is 0.151. The molecule has 1 aliphatic carbocycles. The maximum atomic E-state index is 5.26. The molecule has 0 aliphatic heterocycles. The van der Waals surface area contributed by atoms with Gasteiger partial charge in [-0.2, -0.15) is 0 Å². The van der Waals surface area contributed by atoms with Crippen molar-refractivity contribution in [2.45, 2.75) is 38.3 Å². The molecule has 0 aromatic rings. The highest BCUT2D eigenvalue weighted by molar-refractivity contribution is 4.87. The van der Waals surface area contributed by atoms with Gasteiger partial charge in [0, 0.05) is 25.7 Å². The zero-order chi connectivity index (χ0) is 11.3. The quantitative estimate of drug-likeness (QED) is 0.660. The van der Waals surface area contributed by atoms with E-state index in [9.17, 15) is 0 Å². The Labute approximate surface area is 94.2 Å². The Balaban J connectivity index is 2.25. The van der Waals surface area contributed by atoms with Crippen LogP contribution >= 0.6 is 0 Å². The first-order valence-corrected chi connectivity index (χ1v) is 6.07. The molecule has 0 spiro atoms. The van der Waals surface area contributed by atoms with E-state index in [2.05, 4.69) is 31.2 Å². The van der Waals surface area contributed by atoms with Gasteiger partial charge in [0.05, 0.1) is 6.61 Å². The Morgan fingerprint density at radius 1 is 1.40 bits per heavy atom. The fourth-order valence-electron chi connectivity index (χ4n) is 2.02. The molecule has 0 heterocycles. The molecule has 1 rings (SSSR count). The largest absolute Gasteiger partial charge is 0.383 e. The van der Waals surface area contributed by atoms with E-state index in [-0.39, 0.29) is 0 Å². The number of nitrogens with zero attached hydrogens (tertiary/aromatic N) is 1. The fourth-order valence-corrected chi connectivity index (χ4v) is 2.02. The van der Waals surface area contributed by atoms with E-state index >= 15 is 0 Å². The summed E-state index contributed by atoms with van der Waals surface area (Å²) in [6.45, 7) is 4.18. The molecule has 2 unspecified atom stereocenters. The second-order valence-corrected chi connectivity index (χ2v) is 4.83. The summed E-state index contributed by atoms with van der Waals surface area (Å²) in [6, 6.07) is 1.21. The Kier molecular flexibility index (Phi) is 5.58. The Bertz CT molecular complexity index is 169. The number of likely N-dealkylation sites (N-methyl/N-ethyl adjacent to an activating group) is 1. The van der Waals surface area contributed by atoms with E-state index in [1.807, 2.05) is 0 Å². The molecule has 0 aromatic heterocycles. The summed E-state index contributed by atoms with van der Waals surface area (Å²) in [5, 5.41) is 3.65. The molecule has 0 aromatic carbocycles. The van der Waals surface area contributed by atoms with E-state index in [1.54, 1.807) is 7.11 Å². The predicted molar refractivity (Wildman–Crippen MR) is 64.2 cm³/mol. The maximum Gasteiger partial charge on any atom is 0.0618 e. The molecular weight excluding hydrogens is 188 g/mol. The maximum absolute atomic E-state index is 5.26. The summed E-state index contributed by atoms with van der Waals surface area (Å²) in [7, 11) is 6.09. The molecule has 90 valence electrons. The lowest BCUT2D eigenvalue weighted by atomic mass is 10.1. The second kappa shape index (κ2) is 6.46. The average molecular weight is 214 g/mol. The molecule has 1 aliphatic rings. The van der Waals surface area contributed by atoms with Crippen LogP contribution in [-0.4, -0.2) is 51.3 Å². The highest BCUT2D eigenvalue weighted by Crippen LogP contribution is 2.32. The summed E-state index contributed by atoms with van der Waals surface area (Å²) >= 11 is 0. The van der Waals surface area contributed by atoms with Crippen LogP contribution in [0.4, 0.5) is 0 Å². The minimum Gasteiger partial charge on any atom is -0.383 e. The number of nitrogens with one attached hydrogen (secondary N) is 1. The second-order valence-electron chi connectivity index (χ2n) is 4.83. The molecule has 3 nitrogen and oxygen atoms in total. The number of hydrogen-bond donors (Lipinski definition) is 1. The van der Waals surface area contributed by atoms with Gasteiger partial charge in [0.15, 0.2) is 0 Å². The lowest BCUT2D eigenvalue weighted by Crippen LogP contribution is -2.44. The summed E-state index contributed by atoms with van der Waals surface area (Å²) in [4.78, 5) is 2.30. The number of hydrogen-bond acceptors (Lipinski definition) is 3. The van der Waals surface area contributed by atoms with Crippen LogP contribution in [0.5, 0.6) is 0 Å². The first-order chi connectivity index (χ1) is 7.19. The standard InChI is InChI=1S/C12H26N2O/c1-5-11(14(2)3)8-13-12(9-15-4)10-6-7-10/h10-13H,5-9H2,1-4H3. The van der Waals surface area contributed by atoms with Crippen molar-refractivity contribution in [3.05, 3.63) is 0 Å². The third kappa shape index (κ3) is 4.49. The van der Waals surface area contributed by atoms with E-state index in [0.29, 0.717) is 12.1 Å². The number of ether oxygens (including phenoxy) is 1. The molecule has 0 amide bonds. The van der Waals surface area contributed by atoms with E-state index in [4.69, 9.17) is 4.74 Å². The van der Waals surface area contributed by atoms with Gasteiger partial charge in [0.1, 0.15) is 0 Å². The molecule has 0 saturated heterocycles. The van der Waals surface area contributed by atoms with E-state index < -0.39 is 0 Å². The van der Waals surface area contributed by atoms with Crippen molar-refractivity contribution in [2.75, 3.05) is 34.4 Å². The van der Waals surface area contributed by atoms with Crippen molar-refractivity contribution >= 4 is 0 Å². The zero-order valence-corrected chi connectivity index (χ0v) is 10.6. The van der Waals surface area contributed by atoms with Crippen LogP contribution in [0.2, 0.25) is 0 Å². The van der Waals surface area contributed by atoms with E-state index in [1.165, 1.54) is 19.3 Å². The monoisotopic (exact) mass is 214 g/mol. The van der Waals surface area contributed by atoms with Crippen molar-refractivity contribution in [2.24, 2.45) is 5.92 Å². The van der Waals surface area contributed by atoms with E-state index in [0.717, 1.165) is 19.1 Å². The summed E-state index contributed by atoms with van der Waals surface area (Å²) in [6.07, 6.45) is 3.95. The van der Waals surface area contributed by atoms with Gasteiger partial charge in [-0.15, -0.1) is 0 Å². The zero-order valence-electron chi connectivity index (χ0n) is 10.6. The minimum absolute atomic E-state index is 0.573. The van der Waals surface area contributed by atoms with Crippen LogP contribution in [0, 0.1) is 5.92 Å². The summed E-state index contributed by atoms with van der Waals surface area (Å²) in [5.74, 6) is 0.865. The molecule has 3 heteroatoms. The molecule has 1 fully saturated rings. The molecule has 0 radical (unpaired) electrons. The van der Waals surface area contributed by atoms with Crippen molar-refractivity contribution in [1.29, 1.82) is 0 Å². The summed E-state index contributed by atoms with van der Waals surface area (Å²) in [5.41, 5.74) is 0. The van der Waals surface area contributed by atoms with Crippen LogP contribution in [0.15, 0.2) is 0 Å². The Hall–Kier alpha value is -0.120. The highest BCUT2D eigenvalue weighted by atomic mass is 16.5. The fraction of sp³-hybridized carbons (Fsp3) is 1.00. The van der Waals surface area contributed by atoms with Crippen LogP contribution in [0.25, 0.3) is 0 Å². The van der Waals surface area contributed by atoms with Crippen LogP contribution in [0.3, 0.4) is 0 Å². The average Bonchev–Trinajstić information content (AvgIpc) is 3.00. The minimum atomic E-state index is 0.573. The highest BCUT2D eigenvalue weighted by Gasteiger charge is 2.31. The van der Waals surface area contributed by atoms with Gasteiger partial charge in [-0.1, -0.05) is 6.92 Å². The molecule has 0 bridgehead atoms. The first kappa shape index (κ1) is 12.9.